The van der Waals surface area contributed by atoms with Crippen molar-refractivity contribution in [1.82, 2.24) is 14.9 Å². The lowest BCUT2D eigenvalue weighted by molar-refractivity contribution is -0.144. The van der Waals surface area contributed by atoms with Crippen molar-refractivity contribution in [3.8, 4) is 0 Å². The van der Waals surface area contributed by atoms with Gasteiger partial charge in [-0.2, -0.15) is 0 Å². The highest BCUT2D eigenvalue weighted by Gasteiger charge is 2.27. The Morgan fingerprint density at radius 2 is 1.82 bits per heavy atom. The third-order valence-corrected chi connectivity index (χ3v) is 5.41. The summed E-state index contributed by atoms with van der Waals surface area (Å²) in [6.45, 7) is 4.12. The number of anilines is 1. The van der Waals surface area contributed by atoms with E-state index in [0.29, 0.717) is 28.8 Å². The molecule has 1 heterocycles. The average Bonchev–Trinajstić information content (AvgIpc) is 3.23. The molecule has 9 nitrogen and oxygen atoms in total. The Labute approximate surface area is 198 Å². The highest BCUT2D eigenvalue weighted by atomic mass is 16.5. The van der Waals surface area contributed by atoms with Crippen molar-refractivity contribution in [2.45, 2.75) is 32.9 Å². The molecule has 2 aromatic carbocycles. The van der Waals surface area contributed by atoms with Crippen molar-refractivity contribution in [3.63, 3.8) is 0 Å². The predicted octanol–water partition coefficient (Wildman–Crippen LogP) is 2.79. The number of hydrogen-bond acceptors (Lipinski definition) is 6. The highest BCUT2D eigenvalue weighted by Crippen LogP contribution is 2.25. The van der Waals surface area contributed by atoms with Gasteiger partial charge in [-0.3, -0.25) is 9.59 Å². The Morgan fingerprint density at radius 1 is 1.09 bits per heavy atom. The van der Waals surface area contributed by atoms with Gasteiger partial charge in [0.2, 0.25) is 5.91 Å². The van der Waals surface area contributed by atoms with Crippen LogP contribution in [-0.2, 0) is 32.0 Å². The van der Waals surface area contributed by atoms with Crippen LogP contribution in [0.2, 0.25) is 0 Å². The van der Waals surface area contributed by atoms with Crippen LogP contribution >= 0.6 is 0 Å². The number of aryl methyl sites for hydroxylation is 2. The van der Waals surface area contributed by atoms with Gasteiger partial charge in [0.1, 0.15) is 12.6 Å². The van der Waals surface area contributed by atoms with Crippen molar-refractivity contribution in [3.05, 3.63) is 59.9 Å². The monoisotopic (exact) mass is 466 g/mol. The topological polar surface area (TPSA) is 112 Å². The molecule has 2 amide bonds. The first-order chi connectivity index (χ1) is 16.3. The molecule has 34 heavy (non-hydrogen) atoms. The van der Waals surface area contributed by atoms with Gasteiger partial charge in [-0.15, -0.1) is 0 Å². The average molecular weight is 467 g/mol. The quantitative estimate of drug-likeness (QED) is 0.445. The number of carbonyl (C=O) groups excluding carboxylic acids is 3. The summed E-state index contributed by atoms with van der Waals surface area (Å²) >= 11 is 0. The van der Waals surface area contributed by atoms with Gasteiger partial charge in [-0.05, 0) is 30.0 Å². The Bertz CT molecular complexity index is 1160. The molecule has 0 aliphatic heterocycles. The van der Waals surface area contributed by atoms with Gasteiger partial charge < -0.3 is 24.7 Å². The molecule has 0 aliphatic rings. The molecule has 0 radical (unpaired) electrons. The molecule has 9 heteroatoms. The highest BCUT2D eigenvalue weighted by molar-refractivity contribution is 6.08. The van der Waals surface area contributed by atoms with E-state index in [9.17, 15) is 14.4 Å². The van der Waals surface area contributed by atoms with Crippen LogP contribution in [0.1, 0.15) is 29.8 Å². The molecule has 2 N–H and O–H groups in total. The molecule has 180 valence electrons. The molecule has 0 spiro atoms. The van der Waals surface area contributed by atoms with Gasteiger partial charge in [-0.25, -0.2) is 9.78 Å². The molecule has 0 saturated carbocycles. The molecule has 0 aliphatic carbocycles. The molecule has 0 unspecified atom stereocenters. The minimum atomic E-state index is -0.819. The first-order valence-corrected chi connectivity index (χ1v) is 11.0. The number of carbonyl (C=O) groups is 3. The van der Waals surface area contributed by atoms with Gasteiger partial charge in [0.05, 0.1) is 30.0 Å². The number of hydrogen-bond donors (Lipinski definition) is 2. The number of amides is 2. The second-order valence-electron chi connectivity index (χ2n) is 8.26. The minimum absolute atomic E-state index is 0.122. The van der Waals surface area contributed by atoms with Gasteiger partial charge in [0.15, 0.2) is 0 Å². The van der Waals surface area contributed by atoms with Gasteiger partial charge in [0, 0.05) is 19.3 Å². The van der Waals surface area contributed by atoms with Crippen LogP contribution in [0, 0.1) is 5.92 Å². The molecule has 3 aromatic rings. The van der Waals surface area contributed by atoms with Crippen LogP contribution in [0.25, 0.3) is 11.0 Å². The van der Waals surface area contributed by atoms with E-state index in [4.69, 9.17) is 9.47 Å². The van der Waals surface area contributed by atoms with E-state index in [1.165, 1.54) is 14.2 Å². The Kier molecular flexibility index (Phi) is 8.37. The van der Waals surface area contributed by atoms with Crippen LogP contribution < -0.4 is 10.6 Å². The SMILES string of the molecule is COCC(=O)Nc1cc(C(=O)N[C@H](C(=O)OC)C(C)C)c2c(c1)ncn2CCc1ccccc1. The van der Waals surface area contributed by atoms with E-state index < -0.39 is 17.9 Å². The van der Waals surface area contributed by atoms with Gasteiger partial charge >= 0.3 is 5.97 Å². The fourth-order valence-electron chi connectivity index (χ4n) is 3.69. The summed E-state index contributed by atoms with van der Waals surface area (Å²) in [4.78, 5) is 42.1. The fourth-order valence-corrected chi connectivity index (χ4v) is 3.69. The molecule has 0 bridgehead atoms. The number of esters is 1. The largest absolute Gasteiger partial charge is 0.467 e. The second-order valence-corrected chi connectivity index (χ2v) is 8.26. The first kappa shape index (κ1) is 24.9. The zero-order chi connectivity index (χ0) is 24.7. The molecule has 3 rings (SSSR count). The summed E-state index contributed by atoms with van der Waals surface area (Å²) in [7, 11) is 2.71. The van der Waals surface area contributed by atoms with Gasteiger partial charge in [0.25, 0.3) is 5.91 Å². The van der Waals surface area contributed by atoms with E-state index >= 15 is 0 Å². The van der Waals surface area contributed by atoms with Gasteiger partial charge in [-0.1, -0.05) is 44.2 Å². The summed E-state index contributed by atoms with van der Waals surface area (Å²) < 4.78 is 11.6. The van der Waals surface area contributed by atoms with Crippen molar-refractivity contribution in [1.29, 1.82) is 0 Å². The van der Waals surface area contributed by atoms with Crippen molar-refractivity contribution >= 4 is 34.5 Å². The smallest absolute Gasteiger partial charge is 0.328 e. The second kappa shape index (κ2) is 11.4. The summed E-state index contributed by atoms with van der Waals surface area (Å²) in [5, 5.41) is 5.50. The van der Waals surface area contributed by atoms with Crippen LogP contribution in [0.5, 0.6) is 0 Å². The molecular weight excluding hydrogens is 436 g/mol. The van der Waals surface area contributed by atoms with E-state index in [-0.39, 0.29) is 18.4 Å². The van der Waals surface area contributed by atoms with Crippen LogP contribution in [0.3, 0.4) is 0 Å². The third-order valence-electron chi connectivity index (χ3n) is 5.41. The Balaban J connectivity index is 1.99. The zero-order valence-corrected chi connectivity index (χ0v) is 19.8. The molecule has 1 aromatic heterocycles. The van der Waals surface area contributed by atoms with Crippen LogP contribution in [0.15, 0.2) is 48.8 Å². The Morgan fingerprint density at radius 3 is 2.47 bits per heavy atom. The van der Waals surface area contributed by atoms with E-state index in [1.807, 2.05) is 48.7 Å². The zero-order valence-electron chi connectivity index (χ0n) is 19.8. The van der Waals surface area contributed by atoms with Crippen LogP contribution in [-0.4, -0.2) is 54.2 Å². The van der Waals surface area contributed by atoms with E-state index in [2.05, 4.69) is 15.6 Å². The van der Waals surface area contributed by atoms with Crippen molar-refractivity contribution in [2.75, 3.05) is 26.1 Å². The molecule has 0 saturated heterocycles. The summed E-state index contributed by atoms with van der Waals surface area (Å²) in [5.41, 5.74) is 3.03. The van der Waals surface area contributed by atoms with Crippen molar-refractivity contribution in [2.24, 2.45) is 5.92 Å². The third kappa shape index (κ3) is 5.99. The number of imidazole rings is 1. The molecular formula is C25H30N4O5. The fraction of sp³-hybridized carbons (Fsp3) is 0.360. The number of ether oxygens (including phenoxy) is 2. The number of benzene rings is 2. The number of nitrogens with zero attached hydrogens (tertiary/aromatic N) is 2. The minimum Gasteiger partial charge on any atom is -0.467 e. The first-order valence-electron chi connectivity index (χ1n) is 11.0. The predicted molar refractivity (Wildman–Crippen MR) is 128 cm³/mol. The van der Waals surface area contributed by atoms with E-state index in [0.717, 1.165) is 12.0 Å². The normalized spacial score (nSPS) is 11.9. The maximum absolute atomic E-state index is 13.4. The number of methoxy groups -OCH3 is 2. The summed E-state index contributed by atoms with van der Waals surface area (Å²) in [6, 6.07) is 12.5. The number of fused-ring (bicyclic) bond motifs is 1. The lowest BCUT2D eigenvalue weighted by Gasteiger charge is -2.20. The van der Waals surface area contributed by atoms with Crippen molar-refractivity contribution < 1.29 is 23.9 Å². The van der Waals surface area contributed by atoms with E-state index in [1.54, 1.807) is 18.5 Å². The standard InChI is InChI=1S/C25H30N4O5/c1-16(2)22(25(32)34-4)28-24(31)19-12-18(27-21(30)14-33-3)13-20-23(19)29(15-26-20)11-10-17-8-6-5-7-9-17/h5-9,12-13,15-16,22H,10-11,14H2,1-4H3,(H,27,30)(H,28,31)/t22-/m0/s1. The maximum Gasteiger partial charge on any atom is 0.328 e. The molecule has 0 fully saturated rings. The van der Waals surface area contributed by atoms with Crippen LogP contribution in [0.4, 0.5) is 5.69 Å². The lowest BCUT2D eigenvalue weighted by atomic mass is 10.0. The number of rotatable bonds is 10. The summed E-state index contributed by atoms with van der Waals surface area (Å²) in [6.07, 6.45) is 2.42. The number of aromatic nitrogens is 2. The number of nitrogens with one attached hydrogen (secondary N) is 2. The molecule has 1 atom stereocenters. The Hall–Kier alpha value is -3.72. The summed E-state index contributed by atoms with van der Waals surface area (Å²) in [5.74, 6) is -1.52. The maximum atomic E-state index is 13.4. The lowest BCUT2D eigenvalue weighted by Crippen LogP contribution is -2.45.